The summed E-state index contributed by atoms with van der Waals surface area (Å²) < 4.78 is 0. The normalized spacial score (nSPS) is 15.4. The van der Waals surface area contributed by atoms with E-state index in [0.717, 1.165) is 0 Å². The van der Waals surface area contributed by atoms with Gasteiger partial charge >= 0.3 is 35.5 Å². The Balaban J connectivity index is 0. The Labute approximate surface area is 85.8 Å². The Morgan fingerprint density at radius 3 is 2.11 bits per heavy atom. The van der Waals surface area contributed by atoms with Gasteiger partial charge in [-0.25, -0.2) is 0 Å². The average molecular weight is 181 g/mol. The molecule has 0 heterocycles. The van der Waals surface area contributed by atoms with Crippen LogP contribution in [0.15, 0.2) is 0 Å². The number of aliphatic carboxylic acids is 1. The van der Waals surface area contributed by atoms with Crippen LogP contribution in [0.1, 0.15) is 6.92 Å². The molecule has 0 saturated heterocycles. The van der Waals surface area contributed by atoms with Crippen molar-refractivity contribution in [3.05, 3.63) is 0 Å². The zero-order valence-corrected chi connectivity index (χ0v) is 5.83. The molecule has 0 fully saturated rings. The minimum absolute atomic E-state index is 0. The van der Waals surface area contributed by atoms with Crippen LogP contribution in [0.25, 0.3) is 0 Å². The fraction of sp³-hybridized carbons (Fsp3) is 0.750. The standard InChI is InChI=1S/C4H6Cl2O2.Na.H/c1-4(6,2-5)3(7)8;;/h2H2,1H3,(H,7,8);;. The van der Waals surface area contributed by atoms with E-state index in [-0.39, 0.29) is 35.4 Å². The molecule has 0 spiro atoms. The van der Waals surface area contributed by atoms with Gasteiger partial charge in [0.25, 0.3) is 0 Å². The Bertz CT molecular complexity index is 105. The number of halogens is 2. The second-order valence-electron chi connectivity index (χ2n) is 1.64. The number of carboxylic acids is 1. The maximum absolute atomic E-state index is 10.0. The first-order valence-corrected chi connectivity index (χ1v) is 2.90. The Hall–Kier alpha value is 1.05. The monoisotopic (exact) mass is 180 g/mol. The molecule has 2 nitrogen and oxygen atoms in total. The second-order valence-corrected chi connectivity index (χ2v) is 2.74. The van der Waals surface area contributed by atoms with Gasteiger partial charge in [-0.15, -0.1) is 23.2 Å². The third-order valence-corrected chi connectivity index (χ3v) is 1.66. The molecule has 0 aliphatic carbocycles. The number of carbonyl (C=O) groups is 1. The molecule has 0 saturated carbocycles. The van der Waals surface area contributed by atoms with Gasteiger partial charge in [-0.05, 0) is 6.92 Å². The number of rotatable bonds is 2. The molecule has 0 amide bonds. The van der Waals surface area contributed by atoms with Crippen molar-refractivity contribution in [1.82, 2.24) is 0 Å². The first kappa shape index (κ1) is 12.7. The van der Waals surface area contributed by atoms with E-state index in [1.54, 1.807) is 0 Å². The van der Waals surface area contributed by atoms with Gasteiger partial charge in [-0.2, -0.15) is 0 Å². The fourth-order valence-electron chi connectivity index (χ4n) is 0.0572. The van der Waals surface area contributed by atoms with Crippen molar-refractivity contribution >= 4 is 58.7 Å². The summed E-state index contributed by atoms with van der Waals surface area (Å²) in [5, 5.41) is 8.22. The fourth-order valence-corrected chi connectivity index (χ4v) is 0.171. The first-order valence-electron chi connectivity index (χ1n) is 1.99. The first-order chi connectivity index (χ1) is 3.50. The van der Waals surface area contributed by atoms with Crippen molar-refractivity contribution in [3.8, 4) is 0 Å². The van der Waals surface area contributed by atoms with E-state index in [9.17, 15) is 4.79 Å². The molecule has 0 aromatic rings. The number of hydrogen-bond acceptors (Lipinski definition) is 1. The van der Waals surface area contributed by atoms with Crippen LogP contribution < -0.4 is 0 Å². The Morgan fingerprint density at radius 1 is 1.78 bits per heavy atom. The van der Waals surface area contributed by atoms with Crippen LogP contribution in [0.4, 0.5) is 0 Å². The van der Waals surface area contributed by atoms with Crippen LogP contribution in [0, 0.1) is 0 Å². The van der Waals surface area contributed by atoms with Crippen LogP contribution in [0.2, 0.25) is 0 Å². The van der Waals surface area contributed by atoms with Crippen molar-refractivity contribution in [3.63, 3.8) is 0 Å². The average Bonchev–Trinajstić information content (AvgIpc) is 1.67. The summed E-state index contributed by atoms with van der Waals surface area (Å²) in [7, 11) is 0. The molecule has 1 unspecified atom stereocenters. The van der Waals surface area contributed by atoms with E-state index in [4.69, 9.17) is 28.3 Å². The third-order valence-electron chi connectivity index (χ3n) is 0.697. The van der Waals surface area contributed by atoms with Gasteiger partial charge in [0.15, 0.2) is 4.87 Å². The molecule has 0 aliphatic rings. The molecule has 1 N–H and O–H groups in total. The summed E-state index contributed by atoms with van der Waals surface area (Å²) >= 11 is 10.5. The topological polar surface area (TPSA) is 37.3 Å². The van der Waals surface area contributed by atoms with Crippen molar-refractivity contribution in [2.24, 2.45) is 0 Å². The van der Waals surface area contributed by atoms with Crippen LogP contribution in [-0.4, -0.2) is 51.4 Å². The molecule has 9 heavy (non-hydrogen) atoms. The van der Waals surface area contributed by atoms with Crippen LogP contribution in [0.5, 0.6) is 0 Å². The Kier molecular flexibility index (Phi) is 6.78. The molecule has 5 heteroatoms. The molecule has 50 valence electrons. The molecule has 1 atom stereocenters. The van der Waals surface area contributed by atoms with Crippen molar-refractivity contribution in [1.29, 1.82) is 0 Å². The SMILES string of the molecule is CC(Cl)(CCl)C(=O)O.[NaH]. The molecule has 0 rings (SSSR count). The van der Waals surface area contributed by atoms with Gasteiger partial charge in [0, 0.05) is 0 Å². The van der Waals surface area contributed by atoms with Gasteiger partial charge in [-0.1, -0.05) is 0 Å². The van der Waals surface area contributed by atoms with Gasteiger partial charge in [0.05, 0.1) is 5.88 Å². The van der Waals surface area contributed by atoms with Gasteiger partial charge < -0.3 is 5.11 Å². The molecular formula is C4H7Cl2NaO2. The predicted octanol–water partition coefficient (Wildman–Crippen LogP) is 0.659. The number of alkyl halides is 2. The molecule has 0 radical (unpaired) electrons. The maximum atomic E-state index is 10.0. The van der Waals surface area contributed by atoms with Crippen LogP contribution >= 0.6 is 23.2 Å². The van der Waals surface area contributed by atoms with E-state index < -0.39 is 10.8 Å². The summed E-state index contributed by atoms with van der Waals surface area (Å²) in [5.41, 5.74) is 0. The van der Waals surface area contributed by atoms with Gasteiger partial charge in [0.1, 0.15) is 0 Å². The molecule has 0 aromatic carbocycles. The van der Waals surface area contributed by atoms with E-state index in [0.29, 0.717) is 0 Å². The van der Waals surface area contributed by atoms with Crippen LogP contribution in [0.3, 0.4) is 0 Å². The van der Waals surface area contributed by atoms with Crippen molar-refractivity contribution in [2.75, 3.05) is 5.88 Å². The Morgan fingerprint density at radius 2 is 2.11 bits per heavy atom. The van der Waals surface area contributed by atoms with Crippen molar-refractivity contribution in [2.45, 2.75) is 11.8 Å². The minimum atomic E-state index is -1.30. The number of carboxylic acid groups (broad SMARTS) is 1. The summed E-state index contributed by atoms with van der Waals surface area (Å²) in [4.78, 5) is 8.73. The zero-order valence-electron chi connectivity index (χ0n) is 4.32. The van der Waals surface area contributed by atoms with Gasteiger partial charge in [-0.3, -0.25) is 4.79 Å². The van der Waals surface area contributed by atoms with Gasteiger partial charge in [0.2, 0.25) is 0 Å². The third kappa shape index (κ3) is 4.45. The second kappa shape index (κ2) is 4.80. The molecule has 0 bridgehead atoms. The predicted molar refractivity (Wildman–Crippen MR) is 39.8 cm³/mol. The summed E-state index contributed by atoms with van der Waals surface area (Å²) in [6.07, 6.45) is 0. The summed E-state index contributed by atoms with van der Waals surface area (Å²) in [6, 6.07) is 0. The van der Waals surface area contributed by atoms with E-state index in [1.807, 2.05) is 0 Å². The quantitative estimate of drug-likeness (QED) is 0.501. The summed E-state index contributed by atoms with van der Waals surface area (Å²) in [6.45, 7) is 1.35. The van der Waals surface area contributed by atoms with E-state index >= 15 is 0 Å². The molecular weight excluding hydrogens is 174 g/mol. The van der Waals surface area contributed by atoms with E-state index in [1.165, 1.54) is 6.92 Å². The van der Waals surface area contributed by atoms with Crippen LogP contribution in [-0.2, 0) is 4.79 Å². The van der Waals surface area contributed by atoms with Crippen molar-refractivity contribution < 1.29 is 9.90 Å². The number of hydrogen-bond donors (Lipinski definition) is 1. The summed E-state index contributed by atoms with van der Waals surface area (Å²) in [5.74, 6) is -1.17. The zero-order chi connectivity index (χ0) is 6.78. The van der Waals surface area contributed by atoms with E-state index in [2.05, 4.69) is 0 Å². The molecule has 0 aromatic heterocycles. The molecule has 0 aliphatic heterocycles.